The van der Waals surface area contributed by atoms with Crippen molar-refractivity contribution in [2.45, 2.75) is 63.2 Å². The molecule has 6 nitrogen and oxygen atoms in total. The van der Waals surface area contributed by atoms with Gasteiger partial charge in [0.1, 0.15) is 0 Å². The zero-order chi connectivity index (χ0) is 21.1. The summed E-state index contributed by atoms with van der Waals surface area (Å²) in [4.78, 5) is 16.6. The van der Waals surface area contributed by atoms with E-state index < -0.39 is 10.0 Å². The number of hydrogen-bond donors (Lipinski definition) is 0. The number of carbonyl (C=O) groups is 1. The van der Waals surface area contributed by atoms with Crippen LogP contribution in [0.4, 0.5) is 5.69 Å². The van der Waals surface area contributed by atoms with E-state index in [0.717, 1.165) is 49.6 Å². The van der Waals surface area contributed by atoms with Gasteiger partial charge in [-0.25, -0.2) is 8.42 Å². The van der Waals surface area contributed by atoms with Crippen molar-refractivity contribution in [3.05, 3.63) is 23.8 Å². The molecule has 0 aromatic heterocycles. The Kier molecular flexibility index (Phi) is 6.80. The lowest BCUT2D eigenvalue weighted by molar-refractivity contribution is -0.117. The fourth-order valence-electron chi connectivity index (χ4n) is 5.26. The molecule has 0 bridgehead atoms. The van der Waals surface area contributed by atoms with Crippen molar-refractivity contribution in [1.82, 2.24) is 9.21 Å². The van der Waals surface area contributed by atoms with Crippen molar-refractivity contribution in [2.24, 2.45) is 5.92 Å². The van der Waals surface area contributed by atoms with Gasteiger partial charge < -0.3 is 9.80 Å². The number of hydrogen-bond acceptors (Lipinski definition) is 4. The number of sulfonamides is 1. The Labute approximate surface area is 181 Å². The van der Waals surface area contributed by atoms with Gasteiger partial charge in [0.05, 0.1) is 4.90 Å². The van der Waals surface area contributed by atoms with E-state index in [1.54, 1.807) is 21.3 Å². The quantitative estimate of drug-likeness (QED) is 0.714. The minimum absolute atomic E-state index is 0.121. The molecule has 2 saturated heterocycles. The summed E-state index contributed by atoms with van der Waals surface area (Å²) in [6.07, 6.45) is 9.02. The van der Waals surface area contributed by atoms with Gasteiger partial charge in [-0.15, -0.1) is 0 Å². The molecule has 0 atom stereocenters. The van der Waals surface area contributed by atoms with Gasteiger partial charge in [-0.2, -0.15) is 4.31 Å². The topological polar surface area (TPSA) is 60.9 Å². The summed E-state index contributed by atoms with van der Waals surface area (Å²) in [6.45, 7) is 6.60. The molecule has 4 rings (SSSR count). The molecule has 1 amide bonds. The van der Waals surface area contributed by atoms with E-state index in [9.17, 15) is 13.2 Å². The molecule has 3 fully saturated rings. The summed E-state index contributed by atoms with van der Waals surface area (Å²) in [5.74, 6) is 0.903. The third-order valence-corrected chi connectivity index (χ3v) is 9.01. The maximum Gasteiger partial charge on any atom is 0.243 e. The summed E-state index contributed by atoms with van der Waals surface area (Å²) in [5.41, 5.74) is 1.53. The minimum atomic E-state index is -3.52. The molecule has 30 heavy (non-hydrogen) atoms. The average molecular weight is 434 g/mol. The van der Waals surface area contributed by atoms with Crippen LogP contribution in [0.5, 0.6) is 0 Å². The number of anilines is 1. The Balaban J connectivity index is 1.43. The SMILES string of the molecule is Cc1cc(N2CCCC2=O)ccc1S(=O)(=O)N1CCCN(CC2CCCCC2)CC1. The van der Waals surface area contributed by atoms with Gasteiger partial charge in [0.15, 0.2) is 0 Å². The van der Waals surface area contributed by atoms with Crippen LogP contribution in [-0.2, 0) is 14.8 Å². The van der Waals surface area contributed by atoms with Gasteiger partial charge in [-0.3, -0.25) is 4.79 Å². The highest BCUT2D eigenvalue weighted by Crippen LogP contribution is 2.29. The second kappa shape index (κ2) is 9.37. The molecule has 1 saturated carbocycles. The van der Waals surface area contributed by atoms with Crippen molar-refractivity contribution < 1.29 is 13.2 Å². The van der Waals surface area contributed by atoms with Crippen LogP contribution in [-0.4, -0.2) is 62.8 Å². The first-order valence-electron chi connectivity index (χ1n) is 11.6. The zero-order valence-corrected chi connectivity index (χ0v) is 19.0. The van der Waals surface area contributed by atoms with Crippen LogP contribution in [0.2, 0.25) is 0 Å². The first-order valence-corrected chi connectivity index (χ1v) is 13.0. The van der Waals surface area contributed by atoms with Crippen LogP contribution < -0.4 is 4.90 Å². The second-order valence-corrected chi connectivity index (χ2v) is 11.1. The maximum atomic E-state index is 13.4. The predicted octanol–water partition coefficient (Wildman–Crippen LogP) is 3.40. The van der Waals surface area contributed by atoms with Crippen molar-refractivity contribution in [3.63, 3.8) is 0 Å². The number of benzene rings is 1. The van der Waals surface area contributed by atoms with E-state index in [-0.39, 0.29) is 5.91 Å². The average Bonchev–Trinajstić information content (AvgIpc) is 3.01. The van der Waals surface area contributed by atoms with Crippen molar-refractivity contribution in [2.75, 3.05) is 44.2 Å². The van der Waals surface area contributed by atoms with E-state index in [1.807, 2.05) is 13.0 Å². The van der Waals surface area contributed by atoms with E-state index in [4.69, 9.17) is 0 Å². The normalized spacial score (nSPS) is 23.1. The molecule has 7 heteroatoms. The number of aryl methyl sites for hydroxylation is 1. The van der Waals surface area contributed by atoms with Crippen molar-refractivity contribution in [3.8, 4) is 0 Å². The molecule has 1 aromatic rings. The molecular formula is C23H35N3O3S. The van der Waals surface area contributed by atoms with Gasteiger partial charge in [0.2, 0.25) is 15.9 Å². The number of carbonyl (C=O) groups excluding carboxylic acids is 1. The lowest BCUT2D eigenvalue weighted by atomic mass is 9.89. The van der Waals surface area contributed by atoms with Crippen LogP contribution in [0.3, 0.4) is 0 Å². The van der Waals surface area contributed by atoms with Gasteiger partial charge in [0, 0.05) is 44.8 Å². The lowest BCUT2D eigenvalue weighted by Gasteiger charge is -2.28. The third-order valence-electron chi connectivity index (χ3n) is 6.95. The third kappa shape index (κ3) is 4.73. The smallest absolute Gasteiger partial charge is 0.243 e. The fraction of sp³-hybridized carbons (Fsp3) is 0.696. The van der Waals surface area contributed by atoms with Gasteiger partial charge >= 0.3 is 0 Å². The maximum absolute atomic E-state index is 13.4. The molecule has 166 valence electrons. The minimum Gasteiger partial charge on any atom is -0.312 e. The molecule has 0 spiro atoms. The predicted molar refractivity (Wildman–Crippen MR) is 119 cm³/mol. The van der Waals surface area contributed by atoms with Gasteiger partial charge in [-0.1, -0.05) is 19.3 Å². The summed E-state index contributed by atoms with van der Waals surface area (Å²) in [5, 5.41) is 0. The highest BCUT2D eigenvalue weighted by Gasteiger charge is 2.30. The summed E-state index contributed by atoms with van der Waals surface area (Å²) < 4.78 is 28.4. The standard InChI is InChI=1S/C23H35N3O3S/c1-19-17-21(26-14-5-9-23(26)27)10-11-22(19)30(28,29)25-13-6-12-24(15-16-25)18-20-7-3-2-4-8-20/h10-11,17,20H,2-9,12-16,18H2,1H3. The zero-order valence-electron chi connectivity index (χ0n) is 18.2. The molecular weight excluding hydrogens is 398 g/mol. The summed E-state index contributed by atoms with van der Waals surface area (Å²) >= 11 is 0. The van der Waals surface area contributed by atoms with Crippen LogP contribution in [0.15, 0.2) is 23.1 Å². The molecule has 1 aromatic carbocycles. The highest BCUT2D eigenvalue weighted by molar-refractivity contribution is 7.89. The first kappa shape index (κ1) is 21.8. The Bertz CT molecular complexity index is 864. The van der Waals surface area contributed by atoms with E-state index in [2.05, 4.69) is 4.90 Å². The van der Waals surface area contributed by atoms with E-state index in [0.29, 0.717) is 31.0 Å². The van der Waals surface area contributed by atoms with Crippen molar-refractivity contribution >= 4 is 21.6 Å². The van der Waals surface area contributed by atoms with Gasteiger partial charge in [-0.05, 0) is 68.8 Å². The van der Waals surface area contributed by atoms with Crippen LogP contribution >= 0.6 is 0 Å². The summed E-state index contributed by atoms with van der Waals surface area (Å²) in [6, 6.07) is 5.33. The molecule has 1 aliphatic carbocycles. The van der Waals surface area contributed by atoms with Crippen LogP contribution in [0.25, 0.3) is 0 Å². The number of nitrogens with zero attached hydrogens (tertiary/aromatic N) is 3. The monoisotopic (exact) mass is 433 g/mol. The summed E-state index contributed by atoms with van der Waals surface area (Å²) in [7, 11) is -3.52. The van der Waals surface area contributed by atoms with Gasteiger partial charge in [0.25, 0.3) is 0 Å². The Morgan fingerprint density at radius 2 is 1.73 bits per heavy atom. The molecule has 0 unspecified atom stereocenters. The fourth-order valence-corrected chi connectivity index (χ4v) is 6.93. The molecule has 0 N–H and O–H groups in total. The number of rotatable bonds is 5. The molecule has 2 aliphatic heterocycles. The highest BCUT2D eigenvalue weighted by atomic mass is 32.2. The first-order chi connectivity index (χ1) is 14.4. The number of amides is 1. The second-order valence-electron chi connectivity index (χ2n) is 9.16. The Morgan fingerprint density at radius 1 is 0.933 bits per heavy atom. The van der Waals surface area contributed by atoms with E-state index in [1.165, 1.54) is 32.1 Å². The van der Waals surface area contributed by atoms with E-state index >= 15 is 0 Å². The Hall–Kier alpha value is -1.44. The largest absolute Gasteiger partial charge is 0.312 e. The van der Waals surface area contributed by atoms with Crippen LogP contribution in [0.1, 0.15) is 56.9 Å². The molecule has 3 aliphatic rings. The van der Waals surface area contributed by atoms with Crippen molar-refractivity contribution in [1.29, 1.82) is 0 Å². The Morgan fingerprint density at radius 3 is 2.43 bits per heavy atom. The molecule has 0 radical (unpaired) electrons. The van der Waals surface area contributed by atoms with Crippen LogP contribution in [0, 0.1) is 12.8 Å². The lowest BCUT2D eigenvalue weighted by Crippen LogP contribution is -2.37. The molecule has 2 heterocycles.